The molecule has 0 radical (unpaired) electrons. The molecule has 28 heavy (non-hydrogen) atoms. The summed E-state index contributed by atoms with van der Waals surface area (Å²) in [6, 6.07) is 9.04. The zero-order valence-corrected chi connectivity index (χ0v) is 17.1. The van der Waals surface area contributed by atoms with Crippen molar-refractivity contribution >= 4 is 46.6 Å². The van der Waals surface area contributed by atoms with Crippen LogP contribution in [0.4, 0.5) is 4.79 Å². The van der Waals surface area contributed by atoms with Gasteiger partial charge in [-0.1, -0.05) is 23.7 Å². The van der Waals surface area contributed by atoms with Gasteiger partial charge in [0.15, 0.2) is 0 Å². The van der Waals surface area contributed by atoms with Crippen LogP contribution in [0, 0.1) is 6.92 Å². The van der Waals surface area contributed by atoms with Crippen molar-refractivity contribution in [2.24, 2.45) is 0 Å². The van der Waals surface area contributed by atoms with Gasteiger partial charge in [-0.3, -0.25) is 19.3 Å². The van der Waals surface area contributed by atoms with Gasteiger partial charge in [-0.2, -0.15) is 0 Å². The van der Waals surface area contributed by atoms with Crippen LogP contribution in [0.5, 0.6) is 0 Å². The van der Waals surface area contributed by atoms with E-state index in [1.807, 2.05) is 19.1 Å². The van der Waals surface area contributed by atoms with Crippen LogP contribution in [0.25, 0.3) is 17.4 Å². The predicted molar refractivity (Wildman–Crippen MR) is 108 cm³/mol. The first-order chi connectivity index (χ1) is 13.2. The van der Waals surface area contributed by atoms with Gasteiger partial charge >= 0.3 is 5.97 Å². The maximum absolute atomic E-state index is 12.4. The highest BCUT2D eigenvalue weighted by atomic mass is 35.5. The van der Waals surface area contributed by atoms with E-state index in [1.165, 1.54) is 6.08 Å². The fourth-order valence-corrected chi connectivity index (χ4v) is 3.53. The number of benzene rings is 1. The largest absolute Gasteiger partial charge is 0.462 e. The molecule has 0 spiro atoms. The van der Waals surface area contributed by atoms with Gasteiger partial charge in [0.2, 0.25) is 0 Å². The molecule has 1 aliphatic rings. The number of hydrogen-bond donors (Lipinski definition) is 0. The van der Waals surface area contributed by atoms with Crippen LogP contribution in [0.15, 0.2) is 39.7 Å². The average molecular weight is 420 g/mol. The summed E-state index contributed by atoms with van der Waals surface area (Å²) < 4.78 is 10.7. The second kappa shape index (κ2) is 8.24. The Hall–Kier alpha value is -2.51. The maximum Gasteiger partial charge on any atom is 0.326 e. The predicted octanol–water partition coefficient (Wildman–Crippen LogP) is 4.90. The van der Waals surface area contributed by atoms with Crippen molar-refractivity contribution in [3.05, 3.63) is 51.6 Å². The van der Waals surface area contributed by atoms with Crippen molar-refractivity contribution in [1.82, 2.24) is 4.90 Å². The lowest BCUT2D eigenvalue weighted by molar-refractivity contribution is -0.149. The summed E-state index contributed by atoms with van der Waals surface area (Å²) in [7, 11) is 0. The molecule has 8 heteroatoms. The molecular formula is C20H18ClNO5S. The summed E-state index contributed by atoms with van der Waals surface area (Å²) in [5, 5.41) is 0.110. The van der Waals surface area contributed by atoms with Gasteiger partial charge < -0.3 is 9.15 Å². The standard InChI is InChI=1S/C20H18ClNO5S/c1-11(2)26-18(23)10-22-19(24)17(28-20(22)25)9-14-6-7-16(27-14)13-5-4-12(3)15(21)8-13/h4-9,11H,10H2,1-3H3/b17-9-. The number of hydrogen-bond acceptors (Lipinski definition) is 6. The molecule has 1 aromatic heterocycles. The summed E-state index contributed by atoms with van der Waals surface area (Å²) in [6.07, 6.45) is 1.16. The molecule has 1 aliphatic heterocycles. The molecule has 2 heterocycles. The van der Waals surface area contributed by atoms with Gasteiger partial charge in [-0.05, 0) is 56.3 Å². The number of thioether (sulfide) groups is 1. The third-order valence-electron chi connectivity index (χ3n) is 3.88. The Balaban J connectivity index is 1.76. The summed E-state index contributed by atoms with van der Waals surface area (Å²) in [5.74, 6) is -0.169. The second-order valence-electron chi connectivity index (χ2n) is 6.47. The second-order valence-corrected chi connectivity index (χ2v) is 7.87. The number of nitrogens with zero attached hydrogens (tertiary/aromatic N) is 1. The van der Waals surface area contributed by atoms with Crippen molar-refractivity contribution in [3.8, 4) is 11.3 Å². The first-order valence-electron chi connectivity index (χ1n) is 8.56. The normalized spacial score (nSPS) is 15.8. The lowest BCUT2D eigenvalue weighted by Crippen LogP contribution is -2.35. The summed E-state index contributed by atoms with van der Waals surface area (Å²) in [4.78, 5) is 37.3. The number of aryl methyl sites for hydroxylation is 1. The van der Waals surface area contributed by atoms with Crippen LogP contribution in [-0.2, 0) is 14.3 Å². The van der Waals surface area contributed by atoms with Crippen LogP contribution in [0.3, 0.4) is 0 Å². The summed E-state index contributed by atoms with van der Waals surface area (Å²) in [6.45, 7) is 4.89. The molecule has 3 rings (SSSR count). The Labute approximate surface area is 171 Å². The van der Waals surface area contributed by atoms with Gasteiger partial charge in [0.25, 0.3) is 11.1 Å². The molecule has 2 aromatic rings. The lowest BCUT2D eigenvalue weighted by Gasteiger charge is -2.13. The molecule has 0 saturated carbocycles. The maximum atomic E-state index is 12.4. The van der Waals surface area contributed by atoms with E-state index >= 15 is 0 Å². The minimum atomic E-state index is -0.630. The highest BCUT2D eigenvalue weighted by molar-refractivity contribution is 8.18. The zero-order chi connectivity index (χ0) is 20.4. The average Bonchev–Trinajstić information content (AvgIpc) is 3.17. The van der Waals surface area contributed by atoms with Crippen LogP contribution < -0.4 is 0 Å². The number of carbonyl (C=O) groups excluding carboxylic acids is 3. The van der Waals surface area contributed by atoms with Gasteiger partial charge in [0, 0.05) is 16.7 Å². The van der Waals surface area contributed by atoms with Crippen molar-refractivity contribution < 1.29 is 23.5 Å². The number of amides is 2. The van der Waals surface area contributed by atoms with Crippen molar-refractivity contribution in [3.63, 3.8) is 0 Å². The molecular weight excluding hydrogens is 402 g/mol. The smallest absolute Gasteiger partial charge is 0.326 e. The topological polar surface area (TPSA) is 76.8 Å². The van der Waals surface area contributed by atoms with Gasteiger partial charge in [-0.15, -0.1) is 0 Å². The third kappa shape index (κ3) is 4.48. The van der Waals surface area contributed by atoms with Crippen molar-refractivity contribution in [1.29, 1.82) is 0 Å². The van der Waals surface area contributed by atoms with E-state index in [1.54, 1.807) is 32.0 Å². The number of esters is 1. The fourth-order valence-electron chi connectivity index (χ4n) is 2.53. The highest BCUT2D eigenvalue weighted by Gasteiger charge is 2.37. The fraction of sp³-hybridized carbons (Fsp3) is 0.250. The summed E-state index contributed by atoms with van der Waals surface area (Å²) in [5.41, 5.74) is 1.77. The SMILES string of the molecule is Cc1ccc(-c2ccc(/C=C3\SC(=O)N(CC(=O)OC(C)C)C3=O)o2)cc1Cl. The zero-order valence-electron chi connectivity index (χ0n) is 15.5. The van der Waals surface area contributed by atoms with Gasteiger partial charge in [-0.25, -0.2) is 0 Å². The first-order valence-corrected chi connectivity index (χ1v) is 9.75. The lowest BCUT2D eigenvalue weighted by atomic mass is 10.1. The minimum absolute atomic E-state index is 0.185. The number of rotatable bonds is 5. The van der Waals surface area contributed by atoms with E-state index in [0.29, 0.717) is 16.5 Å². The number of imide groups is 1. The van der Waals surface area contributed by atoms with Crippen molar-refractivity contribution in [2.75, 3.05) is 6.54 Å². The number of halogens is 1. The first kappa shape index (κ1) is 20.2. The minimum Gasteiger partial charge on any atom is -0.462 e. The Morgan fingerprint density at radius 2 is 2.04 bits per heavy atom. The van der Waals surface area contributed by atoms with Crippen LogP contribution >= 0.6 is 23.4 Å². The molecule has 6 nitrogen and oxygen atoms in total. The van der Waals surface area contributed by atoms with Crippen LogP contribution in [0.2, 0.25) is 5.02 Å². The van der Waals surface area contributed by atoms with E-state index in [-0.39, 0.29) is 11.0 Å². The van der Waals surface area contributed by atoms with E-state index in [2.05, 4.69) is 0 Å². The molecule has 0 aliphatic carbocycles. The Bertz CT molecular complexity index is 979. The molecule has 0 N–H and O–H groups in total. The molecule has 2 amide bonds. The van der Waals surface area contributed by atoms with E-state index < -0.39 is 23.7 Å². The molecule has 1 fully saturated rings. The monoisotopic (exact) mass is 419 g/mol. The van der Waals surface area contributed by atoms with E-state index in [9.17, 15) is 14.4 Å². The van der Waals surface area contributed by atoms with Crippen LogP contribution in [0.1, 0.15) is 25.2 Å². The highest BCUT2D eigenvalue weighted by Crippen LogP contribution is 2.33. The molecule has 0 atom stereocenters. The Kier molecular flexibility index (Phi) is 5.96. The summed E-state index contributed by atoms with van der Waals surface area (Å²) >= 11 is 6.91. The number of carbonyl (C=O) groups is 3. The van der Waals surface area contributed by atoms with Gasteiger partial charge in [0.1, 0.15) is 18.1 Å². The Morgan fingerprint density at radius 3 is 2.71 bits per heavy atom. The van der Waals surface area contributed by atoms with E-state index in [4.69, 9.17) is 20.8 Å². The van der Waals surface area contributed by atoms with Gasteiger partial charge in [0.05, 0.1) is 11.0 Å². The van der Waals surface area contributed by atoms with E-state index in [0.717, 1.165) is 27.8 Å². The number of furan rings is 1. The quantitative estimate of drug-likeness (QED) is 0.507. The number of ether oxygens (including phenoxy) is 1. The van der Waals surface area contributed by atoms with Crippen molar-refractivity contribution in [2.45, 2.75) is 26.9 Å². The molecule has 1 saturated heterocycles. The molecule has 1 aromatic carbocycles. The molecule has 146 valence electrons. The molecule has 0 bridgehead atoms. The molecule has 0 unspecified atom stereocenters. The third-order valence-corrected chi connectivity index (χ3v) is 5.20. The Morgan fingerprint density at radius 1 is 1.29 bits per heavy atom. The van der Waals surface area contributed by atoms with Crippen LogP contribution in [-0.4, -0.2) is 34.7 Å².